The van der Waals surface area contributed by atoms with Crippen LogP contribution in [0.5, 0.6) is 5.75 Å². The zero-order chi connectivity index (χ0) is 40.2. The Morgan fingerprint density at radius 3 is 2.14 bits per heavy atom. The van der Waals surface area contributed by atoms with E-state index in [0.717, 1.165) is 35.8 Å². The highest BCUT2D eigenvalue weighted by Gasteiger charge is 2.50. The molecule has 4 heterocycles. The van der Waals surface area contributed by atoms with E-state index in [1.165, 1.54) is 64.2 Å². The average molecular weight is 774 g/mol. The fraction of sp³-hybridized carbons (Fsp3) is 0.591. The van der Waals surface area contributed by atoms with Crippen molar-refractivity contribution in [2.75, 3.05) is 0 Å². The molecule has 0 saturated heterocycles. The van der Waals surface area contributed by atoms with Crippen molar-refractivity contribution >= 4 is 34.7 Å². The Kier molecular flexibility index (Phi) is 15.1. The molecule has 2 atom stereocenters. The summed E-state index contributed by atoms with van der Waals surface area (Å²) in [7, 11) is 0. The Balaban J connectivity index is 1.15. The third kappa shape index (κ3) is 9.79. The van der Waals surface area contributed by atoms with Crippen molar-refractivity contribution in [2.45, 2.75) is 168 Å². The number of carboxylic acids is 1. The van der Waals surface area contributed by atoms with E-state index in [9.17, 15) is 34.2 Å². The maximum Gasteiger partial charge on any atom is 0.355 e. The number of nitrogens with one attached hydrogen (secondary N) is 1. The van der Waals surface area contributed by atoms with Gasteiger partial charge in [0.1, 0.15) is 18.4 Å². The van der Waals surface area contributed by atoms with Gasteiger partial charge < -0.3 is 29.6 Å². The molecule has 2 aliphatic rings. The number of fused-ring (bicyclic) bond motifs is 5. The van der Waals surface area contributed by atoms with Gasteiger partial charge in [-0.25, -0.2) is 14.6 Å². The number of hydrogen-bond donors (Lipinski definition) is 3. The van der Waals surface area contributed by atoms with Gasteiger partial charge in [-0.05, 0) is 49.1 Å². The van der Waals surface area contributed by atoms with E-state index < -0.39 is 41.9 Å². The summed E-state index contributed by atoms with van der Waals surface area (Å²) in [6, 6.07) is 5.54. The third-order valence-electron chi connectivity index (χ3n) is 11.4. The fourth-order valence-corrected chi connectivity index (χ4v) is 8.24. The summed E-state index contributed by atoms with van der Waals surface area (Å²) in [5, 5.41) is 23.2. The number of aromatic nitrogens is 2. The number of aryl methyl sites for hydroxylation is 1. The summed E-state index contributed by atoms with van der Waals surface area (Å²) in [6.45, 7) is 5.84. The second-order valence-corrected chi connectivity index (χ2v) is 15.4. The van der Waals surface area contributed by atoms with E-state index in [0.29, 0.717) is 36.2 Å². The van der Waals surface area contributed by atoms with Crippen molar-refractivity contribution in [3.8, 4) is 17.1 Å². The molecule has 1 aromatic carbocycles. The van der Waals surface area contributed by atoms with Crippen molar-refractivity contribution in [1.82, 2.24) is 14.9 Å². The molecule has 2 aliphatic heterocycles. The van der Waals surface area contributed by atoms with Gasteiger partial charge in [-0.2, -0.15) is 0 Å². The molecule has 12 heteroatoms. The Labute approximate surface area is 329 Å². The Morgan fingerprint density at radius 1 is 0.893 bits per heavy atom. The highest BCUT2D eigenvalue weighted by Crippen LogP contribution is 2.42. The molecule has 3 aromatic rings. The largest absolute Gasteiger partial charge is 0.508 e. The number of nitrogens with zero attached hydrogens (tertiary/aromatic N) is 2. The van der Waals surface area contributed by atoms with E-state index in [1.54, 1.807) is 35.8 Å². The number of carbonyl (C=O) groups is 4. The first-order valence-corrected chi connectivity index (χ1v) is 20.9. The van der Waals surface area contributed by atoms with Crippen LogP contribution in [-0.4, -0.2) is 49.6 Å². The van der Waals surface area contributed by atoms with Crippen LogP contribution in [0.2, 0.25) is 0 Å². The molecule has 0 saturated carbocycles. The molecule has 5 rings (SSSR count). The first kappa shape index (κ1) is 42.4. The summed E-state index contributed by atoms with van der Waals surface area (Å²) in [5.74, 6) is -3.30. The second kappa shape index (κ2) is 19.9. The summed E-state index contributed by atoms with van der Waals surface area (Å²) in [5.41, 5.74) is 1.60. The predicted molar refractivity (Wildman–Crippen MR) is 213 cm³/mol. The van der Waals surface area contributed by atoms with Gasteiger partial charge in [0.15, 0.2) is 0 Å². The average Bonchev–Trinajstić information content (AvgIpc) is 3.55. The lowest BCUT2D eigenvalue weighted by atomic mass is 9.85. The molecule has 304 valence electrons. The van der Waals surface area contributed by atoms with Crippen LogP contribution in [0.15, 0.2) is 29.1 Å². The van der Waals surface area contributed by atoms with Crippen LogP contribution < -0.4 is 10.9 Å². The fourth-order valence-electron chi connectivity index (χ4n) is 8.24. The zero-order valence-corrected chi connectivity index (χ0v) is 33.4. The molecule has 56 heavy (non-hydrogen) atoms. The van der Waals surface area contributed by atoms with Gasteiger partial charge in [0.2, 0.25) is 11.5 Å². The topological polar surface area (TPSA) is 174 Å². The Bertz CT molecular complexity index is 1950. The molecule has 1 unspecified atom stereocenters. The standard InChI is InChI=1S/C44H59N3O9/c1-4-7-8-9-10-11-12-13-14-15-16-17-18-19-20-36(42(52)53)45-38(49)23-24-39(50)56-44(6-3)34-26-37-40-32(27-47(37)41(51)33(34)28-55-43(44)54)30(5-2)31-25-29(48)21-22-35(31)46-40/h21-22,25-26,36,48H,4-20,23-24,27-28H2,1-3H3,(H,45,49)(H,52,53)/t36?,44-/m0/s1. The highest BCUT2D eigenvalue weighted by atomic mass is 16.6. The minimum Gasteiger partial charge on any atom is -0.508 e. The summed E-state index contributed by atoms with van der Waals surface area (Å²) < 4.78 is 12.9. The van der Waals surface area contributed by atoms with Crippen molar-refractivity contribution < 1.29 is 38.9 Å². The van der Waals surface area contributed by atoms with E-state index in [1.807, 2.05) is 6.92 Å². The molecular weight excluding hydrogens is 714 g/mol. The highest BCUT2D eigenvalue weighted by molar-refractivity contribution is 5.91. The number of esters is 2. The van der Waals surface area contributed by atoms with Gasteiger partial charge in [0.25, 0.3) is 5.56 Å². The first-order chi connectivity index (χ1) is 27.0. The molecule has 0 aliphatic carbocycles. The Morgan fingerprint density at radius 2 is 1.54 bits per heavy atom. The minimum atomic E-state index is -1.92. The normalized spacial score (nSPS) is 16.2. The van der Waals surface area contributed by atoms with Gasteiger partial charge >= 0.3 is 17.9 Å². The van der Waals surface area contributed by atoms with Crippen LogP contribution in [-0.2, 0) is 53.8 Å². The number of hydrogen-bond acceptors (Lipinski definition) is 9. The molecule has 1 amide bonds. The number of aromatic hydroxyl groups is 1. The number of unbranched alkanes of at least 4 members (excludes halogenated alkanes) is 13. The molecule has 0 bridgehead atoms. The summed E-state index contributed by atoms with van der Waals surface area (Å²) >= 11 is 0. The molecule has 0 fully saturated rings. The number of carbonyl (C=O) groups excluding carboxylic acids is 3. The van der Waals surface area contributed by atoms with E-state index in [-0.39, 0.29) is 48.4 Å². The number of pyridine rings is 2. The number of cyclic esters (lactones) is 1. The van der Waals surface area contributed by atoms with Crippen LogP contribution >= 0.6 is 0 Å². The number of amides is 1. The number of phenolic OH excluding ortho intramolecular Hbond substituents is 1. The lowest BCUT2D eigenvalue weighted by molar-refractivity contribution is -0.189. The molecule has 0 radical (unpaired) electrons. The van der Waals surface area contributed by atoms with Crippen LogP contribution in [0.4, 0.5) is 0 Å². The Hall–Kier alpha value is -4.74. The third-order valence-corrected chi connectivity index (χ3v) is 11.4. The number of carboxylic acid groups (broad SMARTS) is 1. The lowest BCUT2D eigenvalue weighted by Gasteiger charge is -2.35. The summed E-state index contributed by atoms with van der Waals surface area (Å²) in [6.07, 6.45) is 16.8. The number of rotatable bonds is 23. The van der Waals surface area contributed by atoms with Gasteiger partial charge in [0, 0.05) is 22.9 Å². The summed E-state index contributed by atoms with van der Waals surface area (Å²) in [4.78, 5) is 70.3. The SMILES string of the molecule is CCCCCCCCCCCCCCCCC(NC(=O)CCC(=O)O[C@]1(CC)C(=O)OCc2c1cc1n(c2=O)Cc2c-1nc1ccc(O)cc1c2CC)C(=O)O. The van der Waals surface area contributed by atoms with Crippen molar-refractivity contribution in [3.63, 3.8) is 0 Å². The predicted octanol–water partition coefficient (Wildman–Crippen LogP) is 8.12. The zero-order valence-electron chi connectivity index (χ0n) is 33.4. The monoisotopic (exact) mass is 773 g/mol. The second-order valence-electron chi connectivity index (χ2n) is 15.4. The number of ether oxygens (including phenoxy) is 2. The van der Waals surface area contributed by atoms with Gasteiger partial charge in [-0.15, -0.1) is 0 Å². The van der Waals surface area contributed by atoms with Crippen LogP contribution in [0.25, 0.3) is 22.3 Å². The molecule has 0 spiro atoms. The molecular formula is C44H59N3O9. The molecule has 2 aromatic heterocycles. The van der Waals surface area contributed by atoms with Gasteiger partial charge in [-0.1, -0.05) is 111 Å². The number of aliphatic carboxylic acids is 1. The van der Waals surface area contributed by atoms with Gasteiger partial charge in [-0.3, -0.25) is 14.4 Å². The quantitative estimate of drug-likeness (QED) is 0.0493. The van der Waals surface area contributed by atoms with Gasteiger partial charge in [0.05, 0.1) is 35.4 Å². The maximum atomic E-state index is 14.0. The van der Waals surface area contributed by atoms with Crippen LogP contribution in [0.1, 0.15) is 159 Å². The molecule has 12 nitrogen and oxygen atoms in total. The van der Waals surface area contributed by atoms with E-state index >= 15 is 0 Å². The van der Waals surface area contributed by atoms with E-state index in [2.05, 4.69) is 12.2 Å². The lowest BCUT2D eigenvalue weighted by Crippen LogP contribution is -2.47. The first-order valence-electron chi connectivity index (χ1n) is 20.9. The van der Waals surface area contributed by atoms with E-state index in [4.69, 9.17) is 14.5 Å². The molecule has 3 N–H and O–H groups in total. The smallest absolute Gasteiger partial charge is 0.355 e. The minimum absolute atomic E-state index is 0.0303. The van der Waals surface area contributed by atoms with Crippen molar-refractivity contribution in [2.24, 2.45) is 0 Å². The van der Waals surface area contributed by atoms with Crippen LogP contribution in [0.3, 0.4) is 0 Å². The van der Waals surface area contributed by atoms with Crippen molar-refractivity contribution in [1.29, 1.82) is 0 Å². The van der Waals surface area contributed by atoms with Crippen molar-refractivity contribution in [3.05, 3.63) is 56.9 Å². The van der Waals surface area contributed by atoms with Crippen LogP contribution in [0, 0.1) is 0 Å². The maximum absolute atomic E-state index is 14.0. The number of benzene rings is 1. The number of phenols is 1.